The highest BCUT2D eigenvalue weighted by atomic mass is 15.2. The smallest absolute Gasteiger partial charge is 0.136 e. The van der Waals surface area contributed by atoms with E-state index < -0.39 is 0 Å². The van der Waals surface area contributed by atoms with Crippen LogP contribution < -0.4 is 10.6 Å². The van der Waals surface area contributed by atoms with Crippen LogP contribution in [0.4, 0.5) is 11.6 Å². The standard InChI is InChI=1S/C16H27N5/c1-17-13-10-14(20-15(19-13)12-6-7-12)18-11-16(21(2)3)8-4-5-9-16/h10,12H,4-9,11H2,1-3H3,(H2,17,18,19,20). The van der Waals surface area contributed by atoms with E-state index in [1.54, 1.807) is 0 Å². The summed E-state index contributed by atoms with van der Waals surface area (Å²) in [5.74, 6) is 3.45. The van der Waals surface area contributed by atoms with Gasteiger partial charge in [0.05, 0.1) is 0 Å². The van der Waals surface area contributed by atoms with Crippen LogP contribution in [0, 0.1) is 0 Å². The normalized spacial score (nSPS) is 20.8. The van der Waals surface area contributed by atoms with Crippen molar-refractivity contribution in [2.45, 2.75) is 50.0 Å². The van der Waals surface area contributed by atoms with Crippen molar-refractivity contribution in [3.63, 3.8) is 0 Å². The summed E-state index contributed by atoms with van der Waals surface area (Å²) in [6.45, 7) is 0.963. The molecule has 0 saturated heterocycles. The Morgan fingerprint density at radius 2 is 1.86 bits per heavy atom. The average Bonchev–Trinajstić information content (AvgIpc) is 3.23. The van der Waals surface area contributed by atoms with E-state index in [0.29, 0.717) is 5.92 Å². The third-order valence-electron chi connectivity index (χ3n) is 5.02. The fourth-order valence-electron chi connectivity index (χ4n) is 3.28. The number of nitrogens with zero attached hydrogens (tertiary/aromatic N) is 3. The topological polar surface area (TPSA) is 53.1 Å². The van der Waals surface area contributed by atoms with Crippen molar-refractivity contribution in [1.82, 2.24) is 14.9 Å². The number of rotatable bonds is 6. The molecular formula is C16H27N5. The Bertz CT molecular complexity index is 489. The van der Waals surface area contributed by atoms with Gasteiger partial charge in [-0.3, -0.25) is 0 Å². The maximum atomic E-state index is 4.71. The van der Waals surface area contributed by atoms with Crippen molar-refractivity contribution in [1.29, 1.82) is 0 Å². The number of aromatic nitrogens is 2. The van der Waals surface area contributed by atoms with Crippen LogP contribution in [0.25, 0.3) is 0 Å². The highest BCUT2D eigenvalue weighted by molar-refractivity contribution is 5.48. The van der Waals surface area contributed by atoms with Crippen LogP contribution in [-0.2, 0) is 0 Å². The highest BCUT2D eigenvalue weighted by Gasteiger charge is 2.36. The minimum absolute atomic E-state index is 0.282. The molecule has 21 heavy (non-hydrogen) atoms. The summed E-state index contributed by atoms with van der Waals surface area (Å²) < 4.78 is 0. The van der Waals surface area contributed by atoms with Gasteiger partial charge in [-0.1, -0.05) is 12.8 Å². The van der Waals surface area contributed by atoms with Crippen molar-refractivity contribution >= 4 is 11.6 Å². The summed E-state index contributed by atoms with van der Waals surface area (Å²) in [6.07, 6.45) is 7.67. The van der Waals surface area contributed by atoms with Gasteiger partial charge in [0.15, 0.2) is 0 Å². The summed E-state index contributed by atoms with van der Waals surface area (Å²) in [6, 6.07) is 2.02. The zero-order chi connectivity index (χ0) is 14.9. The molecule has 0 aliphatic heterocycles. The molecule has 5 heteroatoms. The Labute approximate surface area is 127 Å². The zero-order valence-corrected chi connectivity index (χ0v) is 13.4. The lowest BCUT2D eigenvalue weighted by Gasteiger charge is -2.36. The SMILES string of the molecule is CNc1cc(NCC2(N(C)C)CCCC2)nc(C2CC2)n1. The van der Waals surface area contributed by atoms with Crippen LogP contribution in [0.2, 0.25) is 0 Å². The van der Waals surface area contributed by atoms with Crippen molar-refractivity contribution in [3.05, 3.63) is 11.9 Å². The van der Waals surface area contributed by atoms with E-state index >= 15 is 0 Å². The average molecular weight is 289 g/mol. The zero-order valence-electron chi connectivity index (χ0n) is 13.4. The van der Waals surface area contributed by atoms with Crippen LogP contribution in [-0.4, -0.2) is 48.1 Å². The lowest BCUT2D eigenvalue weighted by atomic mass is 9.96. The molecule has 0 spiro atoms. The van der Waals surface area contributed by atoms with Gasteiger partial charge in [0.2, 0.25) is 0 Å². The molecule has 3 rings (SSSR count). The van der Waals surface area contributed by atoms with Gasteiger partial charge in [-0.25, -0.2) is 9.97 Å². The van der Waals surface area contributed by atoms with Crippen LogP contribution in [0.5, 0.6) is 0 Å². The van der Waals surface area contributed by atoms with Crippen molar-refractivity contribution in [3.8, 4) is 0 Å². The molecule has 1 aromatic rings. The van der Waals surface area contributed by atoms with Crippen LogP contribution >= 0.6 is 0 Å². The van der Waals surface area contributed by atoms with E-state index in [1.165, 1.54) is 38.5 Å². The quantitative estimate of drug-likeness (QED) is 0.843. The summed E-state index contributed by atoms with van der Waals surface area (Å²) in [5, 5.41) is 6.72. The number of nitrogens with one attached hydrogen (secondary N) is 2. The summed E-state index contributed by atoms with van der Waals surface area (Å²) in [7, 11) is 6.31. The van der Waals surface area contributed by atoms with Crippen LogP contribution in [0.1, 0.15) is 50.3 Å². The van der Waals surface area contributed by atoms with Crippen LogP contribution in [0.15, 0.2) is 6.07 Å². The third-order valence-corrected chi connectivity index (χ3v) is 5.02. The van der Waals surface area contributed by atoms with E-state index in [0.717, 1.165) is 24.0 Å². The lowest BCUT2D eigenvalue weighted by Crippen LogP contribution is -2.47. The highest BCUT2D eigenvalue weighted by Crippen LogP contribution is 2.39. The van der Waals surface area contributed by atoms with Crippen molar-refractivity contribution < 1.29 is 0 Å². The maximum absolute atomic E-state index is 4.71. The van der Waals surface area contributed by atoms with Gasteiger partial charge in [-0.15, -0.1) is 0 Å². The largest absolute Gasteiger partial charge is 0.373 e. The second-order valence-corrected chi connectivity index (χ2v) is 6.70. The number of likely N-dealkylation sites (N-methyl/N-ethyl adjacent to an activating group) is 1. The predicted molar refractivity (Wildman–Crippen MR) is 86.9 cm³/mol. The molecule has 116 valence electrons. The molecular weight excluding hydrogens is 262 g/mol. The Kier molecular flexibility index (Phi) is 4.02. The fraction of sp³-hybridized carbons (Fsp3) is 0.750. The number of hydrogen-bond donors (Lipinski definition) is 2. The first-order chi connectivity index (χ1) is 10.1. The molecule has 2 aliphatic carbocycles. The van der Waals surface area contributed by atoms with E-state index in [1.807, 2.05) is 13.1 Å². The Balaban J connectivity index is 1.73. The Morgan fingerprint density at radius 3 is 2.43 bits per heavy atom. The van der Waals surface area contributed by atoms with Crippen molar-refractivity contribution in [2.75, 3.05) is 38.3 Å². The first-order valence-electron chi connectivity index (χ1n) is 8.11. The molecule has 0 amide bonds. The molecule has 0 bridgehead atoms. The Morgan fingerprint density at radius 1 is 1.19 bits per heavy atom. The van der Waals surface area contributed by atoms with E-state index in [9.17, 15) is 0 Å². The minimum Gasteiger partial charge on any atom is -0.373 e. The second kappa shape index (κ2) is 5.79. The predicted octanol–water partition coefficient (Wildman–Crippen LogP) is 2.68. The summed E-state index contributed by atoms with van der Waals surface area (Å²) in [5.41, 5.74) is 0.282. The first-order valence-corrected chi connectivity index (χ1v) is 8.11. The molecule has 1 aromatic heterocycles. The molecule has 1 heterocycles. The molecule has 2 fully saturated rings. The van der Waals surface area contributed by atoms with Gasteiger partial charge in [-0.05, 0) is 39.8 Å². The Hall–Kier alpha value is -1.36. The molecule has 2 N–H and O–H groups in total. The van der Waals surface area contributed by atoms with Crippen LogP contribution in [0.3, 0.4) is 0 Å². The molecule has 2 saturated carbocycles. The van der Waals surface area contributed by atoms with Crippen molar-refractivity contribution in [2.24, 2.45) is 0 Å². The molecule has 5 nitrogen and oxygen atoms in total. The molecule has 0 radical (unpaired) electrons. The summed E-state index contributed by atoms with van der Waals surface area (Å²) >= 11 is 0. The minimum atomic E-state index is 0.282. The lowest BCUT2D eigenvalue weighted by molar-refractivity contribution is 0.172. The van der Waals surface area contributed by atoms with Gasteiger partial charge in [-0.2, -0.15) is 0 Å². The summed E-state index contributed by atoms with van der Waals surface area (Å²) in [4.78, 5) is 11.7. The molecule has 0 aromatic carbocycles. The molecule has 2 aliphatic rings. The van der Waals surface area contributed by atoms with Gasteiger partial charge in [0.1, 0.15) is 17.5 Å². The molecule has 0 unspecified atom stereocenters. The van der Waals surface area contributed by atoms with E-state index in [2.05, 4.69) is 34.6 Å². The van der Waals surface area contributed by atoms with E-state index in [4.69, 9.17) is 4.98 Å². The number of anilines is 2. The molecule has 0 atom stereocenters. The van der Waals surface area contributed by atoms with E-state index in [-0.39, 0.29) is 5.54 Å². The van der Waals surface area contributed by atoms with Gasteiger partial charge in [0, 0.05) is 31.1 Å². The maximum Gasteiger partial charge on any atom is 0.136 e. The second-order valence-electron chi connectivity index (χ2n) is 6.70. The van der Waals surface area contributed by atoms with Gasteiger partial charge in [0.25, 0.3) is 0 Å². The third kappa shape index (κ3) is 3.12. The van der Waals surface area contributed by atoms with Gasteiger partial charge >= 0.3 is 0 Å². The monoisotopic (exact) mass is 289 g/mol. The fourth-order valence-corrected chi connectivity index (χ4v) is 3.28. The number of hydrogen-bond acceptors (Lipinski definition) is 5. The van der Waals surface area contributed by atoms with Gasteiger partial charge < -0.3 is 15.5 Å². The first kappa shape index (κ1) is 14.6.